The van der Waals surface area contributed by atoms with Gasteiger partial charge in [0.2, 0.25) is 0 Å². The number of carbonyl (C=O) groups excluding carboxylic acids is 1. The Morgan fingerprint density at radius 3 is 2.60 bits per heavy atom. The first kappa shape index (κ1) is 16.0. The summed E-state index contributed by atoms with van der Waals surface area (Å²) in [6.07, 6.45) is 6.88. The Kier molecular flexibility index (Phi) is 4.59. The van der Waals surface area contributed by atoms with E-state index in [2.05, 4.69) is 28.8 Å². The zero-order valence-electron chi connectivity index (χ0n) is 14.3. The van der Waals surface area contributed by atoms with Gasteiger partial charge in [-0.15, -0.1) is 0 Å². The van der Waals surface area contributed by atoms with Gasteiger partial charge in [-0.2, -0.15) is 0 Å². The largest absolute Gasteiger partial charge is 0.488 e. The summed E-state index contributed by atoms with van der Waals surface area (Å²) in [6.45, 7) is 0. The molecule has 1 atom stereocenters. The standard InChI is InChI=1S/C21H24N2O2/c24-21(22-18-14-13-15-7-1-4-10-17(15)18)23-19-11-5-6-12-20(19)25-16-8-2-3-9-16/h1,4-7,10-12,16,18H,2-3,8-9,13-14H2,(H2,22,23,24). The van der Waals surface area contributed by atoms with Crippen molar-refractivity contribution < 1.29 is 9.53 Å². The molecular formula is C21H24N2O2. The number of ether oxygens (including phenoxy) is 1. The first-order chi connectivity index (χ1) is 12.3. The van der Waals surface area contributed by atoms with E-state index < -0.39 is 0 Å². The smallest absolute Gasteiger partial charge is 0.319 e. The highest BCUT2D eigenvalue weighted by Crippen LogP contribution is 2.32. The van der Waals surface area contributed by atoms with Crippen molar-refractivity contribution in [3.8, 4) is 5.75 Å². The summed E-state index contributed by atoms with van der Waals surface area (Å²) in [6, 6.07) is 15.9. The number of aryl methyl sites for hydroxylation is 1. The number of anilines is 1. The van der Waals surface area contributed by atoms with E-state index in [-0.39, 0.29) is 18.2 Å². The van der Waals surface area contributed by atoms with Crippen molar-refractivity contribution >= 4 is 11.7 Å². The van der Waals surface area contributed by atoms with E-state index >= 15 is 0 Å². The zero-order valence-corrected chi connectivity index (χ0v) is 14.3. The van der Waals surface area contributed by atoms with Crippen LogP contribution in [0.15, 0.2) is 48.5 Å². The van der Waals surface area contributed by atoms with Crippen LogP contribution in [0.25, 0.3) is 0 Å². The lowest BCUT2D eigenvalue weighted by Crippen LogP contribution is -2.31. The van der Waals surface area contributed by atoms with Gasteiger partial charge in [0.15, 0.2) is 0 Å². The van der Waals surface area contributed by atoms with Gasteiger partial charge in [-0.3, -0.25) is 0 Å². The molecule has 4 nitrogen and oxygen atoms in total. The number of para-hydroxylation sites is 2. The Hall–Kier alpha value is -2.49. The minimum absolute atomic E-state index is 0.0825. The number of urea groups is 1. The van der Waals surface area contributed by atoms with Gasteiger partial charge in [0, 0.05) is 0 Å². The van der Waals surface area contributed by atoms with Crippen LogP contribution in [0.2, 0.25) is 0 Å². The van der Waals surface area contributed by atoms with E-state index in [9.17, 15) is 4.79 Å². The second-order valence-corrected chi connectivity index (χ2v) is 6.91. The van der Waals surface area contributed by atoms with E-state index in [0.717, 1.165) is 37.1 Å². The number of rotatable bonds is 4. The van der Waals surface area contributed by atoms with Gasteiger partial charge in [-0.25, -0.2) is 4.79 Å². The number of amides is 2. The summed E-state index contributed by atoms with van der Waals surface area (Å²) in [5.41, 5.74) is 3.30. The minimum Gasteiger partial charge on any atom is -0.488 e. The van der Waals surface area contributed by atoms with Crippen LogP contribution in [0.5, 0.6) is 5.75 Å². The molecule has 2 aromatic rings. The molecule has 4 rings (SSSR count). The van der Waals surface area contributed by atoms with Crippen LogP contribution in [-0.4, -0.2) is 12.1 Å². The van der Waals surface area contributed by atoms with Crippen LogP contribution in [0, 0.1) is 0 Å². The van der Waals surface area contributed by atoms with E-state index in [1.165, 1.54) is 24.0 Å². The van der Waals surface area contributed by atoms with Crippen molar-refractivity contribution in [2.75, 3.05) is 5.32 Å². The Labute approximate surface area is 148 Å². The SMILES string of the molecule is O=C(Nc1ccccc1OC1CCCC1)NC1CCc2ccccc21. The first-order valence-corrected chi connectivity index (χ1v) is 9.20. The minimum atomic E-state index is -0.177. The van der Waals surface area contributed by atoms with Crippen molar-refractivity contribution in [3.05, 3.63) is 59.7 Å². The third-order valence-corrected chi connectivity index (χ3v) is 5.17. The maximum Gasteiger partial charge on any atom is 0.319 e. The molecule has 4 heteroatoms. The molecule has 0 heterocycles. The van der Waals surface area contributed by atoms with Crippen LogP contribution in [0.1, 0.15) is 49.3 Å². The summed E-state index contributed by atoms with van der Waals surface area (Å²) in [5, 5.41) is 6.07. The maximum atomic E-state index is 12.5. The Morgan fingerprint density at radius 2 is 1.72 bits per heavy atom. The third kappa shape index (κ3) is 3.63. The van der Waals surface area contributed by atoms with E-state index in [1.807, 2.05) is 30.3 Å². The molecule has 130 valence electrons. The van der Waals surface area contributed by atoms with Gasteiger partial charge in [0.05, 0.1) is 17.8 Å². The molecule has 0 aliphatic heterocycles. The summed E-state index contributed by atoms with van der Waals surface area (Å²) < 4.78 is 6.09. The van der Waals surface area contributed by atoms with Crippen molar-refractivity contribution in [1.29, 1.82) is 0 Å². The van der Waals surface area contributed by atoms with Crippen LogP contribution >= 0.6 is 0 Å². The van der Waals surface area contributed by atoms with Gasteiger partial charge in [0.25, 0.3) is 0 Å². The Bertz CT molecular complexity index is 753. The highest BCUT2D eigenvalue weighted by Gasteiger charge is 2.24. The average Bonchev–Trinajstić information content (AvgIpc) is 3.27. The van der Waals surface area contributed by atoms with Crippen molar-refractivity contribution in [2.45, 2.75) is 50.7 Å². The van der Waals surface area contributed by atoms with Crippen LogP contribution in [0.4, 0.5) is 10.5 Å². The van der Waals surface area contributed by atoms with Crippen LogP contribution in [-0.2, 0) is 6.42 Å². The molecular weight excluding hydrogens is 312 g/mol. The second kappa shape index (κ2) is 7.18. The highest BCUT2D eigenvalue weighted by atomic mass is 16.5. The second-order valence-electron chi connectivity index (χ2n) is 6.91. The average molecular weight is 336 g/mol. The maximum absolute atomic E-state index is 12.5. The van der Waals surface area contributed by atoms with E-state index in [0.29, 0.717) is 0 Å². The predicted octanol–water partition coefficient (Wildman–Crippen LogP) is 4.82. The molecule has 0 spiro atoms. The van der Waals surface area contributed by atoms with Gasteiger partial charge >= 0.3 is 6.03 Å². The number of hydrogen-bond donors (Lipinski definition) is 2. The fourth-order valence-electron chi connectivity index (χ4n) is 3.88. The molecule has 2 aliphatic rings. The van der Waals surface area contributed by atoms with Crippen molar-refractivity contribution in [2.24, 2.45) is 0 Å². The monoisotopic (exact) mass is 336 g/mol. The summed E-state index contributed by atoms with van der Waals surface area (Å²) in [7, 11) is 0. The fraction of sp³-hybridized carbons (Fsp3) is 0.381. The highest BCUT2D eigenvalue weighted by molar-refractivity contribution is 5.91. The molecule has 0 bridgehead atoms. The lowest BCUT2D eigenvalue weighted by Gasteiger charge is -2.18. The van der Waals surface area contributed by atoms with E-state index in [4.69, 9.17) is 4.74 Å². The molecule has 1 saturated carbocycles. The lowest BCUT2D eigenvalue weighted by atomic mass is 10.1. The zero-order chi connectivity index (χ0) is 17.1. The van der Waals surface area contributed by atoms with E-state index in [1.54, 1.807) is 0 Å². The Balaban J connectivity index is 1.41. The summed E-state index contributed by atoms with van der Waals surface area (Å²) in [4.78, 5) is 12.5. The molecule has 2 amide bonds. The molecule has 0 aromatic heterocycles. The molecule has 2 aromatic carbocycles. The first-order valence-electron chi connectivity index (χ1n) is 9.20. The molecule has 1 unspecified atom stereocenters. The van der Waals surface area contributed by atoms with Gasteiger partial charge in [-0.1, -0.05) is 36.4 Å². The number of carbonyl (C=O) groups is 1. The van der Waals surface area contributed by atoms with Crippen LogP contribution < -0.4 is 15.4 Å². The van der Waals surface area contributed by atoms with Gasteiger partial charge < -0.3 is 15.4 Å². The number of nitrogens with one attached hydrogen (secondary N) is 2. The lowest BCUT2D eigenvalue weighted by molar-refractivity contribution is 0.211. The molecule has 25 heavy (non-hydrogen) atoms. The molecule has 2 aliphatic carbocycles. The Morgan fingerprint density at radius 1 is 0.960 bits per heavy atom. The van der Waals surface area contributed by atoms with Crippen molar-refractivity contribution in [1.82, 2.24) is 5.32 Å². The quantitative estimate of drug-likeness (QED) is 0.841. The third-order valence-electron chi connectivity index (χ3n) is 5.17. The molecule has 0 saturated heterocycles. The summed E-state index contributed by atoms with van der Waals surface area (Å²) >= 11 is 0. The predicted molar refractivity (Wildman–Crippen MR) is 99.0 cm³/mol. The van der Waals surface area contributed by atoms with Crippen molar-refractivity contribution in [3.63, 3.8) is 0 Å². The molecule has 1 fully saturated rings. The van der Waals surface area contributed by atoms with Gasteiger partial charge in [0.1, 0.15) is 5.75 Å². The number of benzene rings is 2. The number of hydrogen-bond acceptors (Lipinski definition) is 2. The normalized spacial score (nSPS) is 19.4. The fourth-order valence-corrected chi connectivity index (χ4v) is 3.88. The van der Waals surface area contributed by atoms with Crippen LogP contribution in [0.3, 0.4) is 0 Å². The molecule has 0 radical (unpaired) electrons. The number of fused-ring (bicyclic) bond motifs is 1. The topological polar surface area (TPSA) is 50.4 Å². The molecule has 2 N–H and O–H groups in total. The van der Waals surface area contributed by atoms with Gasteiger partial charge in [-0.05, 0) is 61.8 Å². The summed E-state index contributed by atoms with van der Waals surface area (Å²) in [5.74, 6) is 0.761.